The highest BCUT2D eigenvalue weighted by molar-refractivity contribution is 8.00. The molecule has 0 unspecified atom stereocenters. The number of carbonyl (C=O) groups excluding carboxylic acids is 1. The molecule has 0 aromatic heterocycles. The maximum Gasteiger partial charge on any atom is 0.234 e. The maximum atomic E-state index is 13.1. The molecule has 2 aromatic carbocycles. The van der Waals surface area contributed by atoms with E-state index in [2.05, 4.69) is 38.2 Å². The van der Waals surface area contributed by atoms with E-state index in [1.165, 1.54) is 35.5 Å². The summed E-state index contributed by atoms with van der Waals surface area (Å²) in [4.78, 5) is 13.0. The molecular weight excluding hydrogens is 333 g/mol. The highest BCUT2D eigenvalue weighted by atomic mass is 35.5. The summed E-state index contributed by atoms with van der Waals surface area (Å²) in [5, 5.41) is 2.70. The number of carbonyl (C=O) groups is 1. The summed E-state index contributed by atoms with van der Waals surface area (Å²) < 4.78 is 13.1. The summed E-state index contributed by atoms with van der Waals surface area (Å²) >= 11 is 7.15. The van der Waals surface area contributed by atoms with Gasteiger partial charge in [0, 0.05) is 10.6 Å². The minimum atomic E-state index is -0.502. The van der Waals surface area contributed by atoms with E-state index in [0.29, 0.717) is 5.69 Å². The van der Waals surface area contributed by atoms with Crippen LogP contribution in [-0.4, -0.2) is 11.7 Å². The van der Waals surface area contributed by atoms with Crippen molar-refractivity contribution in [2.24, 2.45) is 0 Å². The van der Waals surface area contributed by atoms with Gasteiger partial charge < -0.3 is 5.32 Å². The summed E-state index contributed by atoms with van der Waals surface area (Å²) in [7, 11) is 0. The normalized spacial score (nSPS) is 11.3. The molecule has 0 bridgehead atoms. The molecule has 0 fully saturated rings. The number of hydrogen-bond acceptors (Lipinski definition) is 2. The van der Waals surface area contributed by atoms with E-state index in [1.54, 1.807) is 0 Å². The first-order chi connectivity index (χ1) is 10.8. The summed E-state index contributed by atoms with van der Waals surface area (Å²) in [6.07, 6.45) is 0. The lowest BCUT2D eigenvalue weighted by atomic mass is 9.87. The molecule has 122 valence electrons. The molecule has 0 aliphatic carbocycles. The molecule has 0 spiro atoms. The first kappa shape index (κ1) is 17.8. The largest absolute Gasteiger partial charge is 0.325 e. The van der Waals surface area contributed by atoms with Crippen LogP contribution in [0.5, 0.6) is 0 Å². The number of nitrogens with one attached hydrogen (secondary N) is 1. The summed E-state index contributed by atoms with van der Waals surface area (Å²) in [5.74, 6) is -0.375. The van der Waals surface area contributed by atoms with Crippen LogP contribution in [0.15, 0.2) is 47.4 Å². The number of benzene rings is 2. The molecule has 0 radical (unpaired) electrons. The molecule has 1 N–H and O–H groups in total. The van der Waals surface area contributed by atoms with Crippen molar-refractivity contribution in [2.45, 2.75) is 31.1 Å². The van der Waals surface area contributed by atoms with E-state index in [-0.39, 0.29) is 22.1 Å². The number of anilines is 1. The highest BCUT2D eigenvalue weighted by Gasteiger charge is 2.13. The average Bonchev–Trinajstić information content (AvgIpc) is 2.48. The SMILES string of the molecule is CC(C)(C)c1ccc(SCC(=O)Nc2ccc(F)c(Cl)c2)cc1. The molecule has 0 aliphatic rings. The quantitative estimate of drug-likeness (QED) is 0.736. The van der Waals surface area contributed by atoms with Gasteiger partial charge in [-0.3, -0.25) is 4.79 Å². The zero-order valence-electron chi connectivity index (χ0n) is 13.3. The Labute approximate surface area is 145 Å². The molecule has 0 aliphatic heterocycles. The van der Waals surface area contributed by atoms with Crippen LogP contribution in [0.2, 0.25) is 5.02 Å². The zero-order valence-corrected chi connectivity index (χ0v) is 14.9. The summed E-state index contributed by atoms with van der Waals surface area (Å²) in [6, 6.07) is 12.3. The Morgan fingerprint density at radius 3 is 2.39 bits per heavy atom. The number of amides is 1. The fourth-order valence-corrected chi connectivity index (χ4v) is 2.85. The van der Waals surface area contributed by atoms with Gasteiger partial charge in [-0.05, 0) is 41.3 Å². The third-order valence-electron chi connectivity index (χ3n) is 3.29. The van der Waals surface area contributed by atoms with Gasteiger partial charge in [-0.1, -0.05) is 44.5 Å². The van der Waals surface area contributed by atoms with Crippen LogP contribution in [0.3, 0.4) is 0 Å². The van der Waals surface area contributed by atoms with Crippen molar-refractivity contribution in [3.63, 3.8) is 0 Å². The molecule has 23 heavy (non-hydrogen) atoms. The first-order valence-electron chi connectivity index (χ1n) is 7.24. The van der Waals surface area contributed by atoms with Gasteiger partial charge in [-0.2, -0.15) is 0 Å². The second-order valence-corrected chi connectivity index (χ2v) is 7.70. The molecule has 0 saturated carbocycles. The Bertz CT molecular complexity index is 695. The second-order valence-electron chi connectivity index (χ2n) is 6.24. The van der Waals surface area contributed by atoms with Crippen molar-refractivity contribution in [3.05, 3.63) is 58.9 Å². The molecule has 1 amide bonds. The van der Waals surface area contributed by atoms with Crippen LogP contribution in [0.25, 0.3) is 0 Å². The van der Waals surface area contributed by atoms with Crippen molar-refractivity contribution in [1.29, 1.82) is 0 Å². The van der Waals surface area contributed by atoms with Gasteiger partial charge in [0.2, 0.25) is 5.91 Å². The van der Waals surface area contributed by atoms with E-state index in [1.807, 2.05) is 12.1 Å². The van der Waals surface area contributed by atoms with Crippen LogP contribution < -0.4 is 5.32 Å². The van der Waals surface area contributed by atoms with Gasteiger partial charge in [0.1, 0.15) is 5.82 Å². The summed E-state index contributed by atoms with van der Waals surface area (Å²) in [5.41, 5.74) is 1.86. The van der Waals surface area contributed by atoms with E-state index in [4.69, 9.17) is 11.6 Å². The van der Waals surface area contributed by atoms with E-state index < -0.39 is 5.82 Å². The third kappa shape index (κ3) is 5.26. The topological polar surface area (TPSA) is 29.1 Å². The van der Waals surface area contributed by atoms with Gasteiger partial charge in [0.05, 0.1) is 10.8 Å². The van der Waals surface area contributed by atoms with Crippen LogP contribution in [0, 0.1) is 5.82 Å². The van der Waals surface area contributed by atoms with Crippen molar-refractivity contribution < 1.29 is 9.18 Å². The number of rotatable bonds is 4. The van der Waals surface area contributed by atoms with E-state index in [0.717, 1.165) is 4.90 Å². The molecular formula is C18H19ClFNOS. The van der Waals surface area contributed by atoms with E-state index >= 15 is 0 Å². The second kappa shape index (κ2) is 7.37. The van der Waals surface area contributed by atoms with Crippen molar-refractivity contribution >= 4 is 35.0 Å². The Morgan fingerprint density at radius 2 is 1.83 bits per heavy atom. The highest BCUT2D eigenvalue weighted by Crippen LogP contribution is 2.26. The predicted octanol–water partition coefficient (Wildman–Crippen LogP) is 5.51. The van der Waals surface area contributed by atoms with Gasteiger partial charge >= 0.3 is 0 Å². The minimum absolute atomic E-state index is 0.00628. The Kier molecular flexibility index (Phi) is 5.71. The Balaban J connectivity index is 1.90. The third-order valence-corrected chi connectivity index (χ3v) is 4.60. The van der Waals surface area contributed by atoms with Gasteiger partial charge in [-0.15, -0.1) is 11.8 Å². The predicted molar refractivity (Wildman–Crippen MR) is 95.9 cm³/mol. The molecule has 0 heterocycles. The molecule has 2 aromatic rings. The van der Waals surface area contributed by atoms with Gasteiger partial charge in [0.15, 0.2) is 0 Å². The molecule has 0 saturated heterocycles. The Hall–Kier alpha value is -1.52. The smallest absolute Gasteiger partial charge is 0.234 e. The lowest BCUT2D eigenvalue weighted by Gasteiger charge is -2.19. The lowest BCUT2D eigenvalue weighted by molar-refractivity contribution is -0.113. The standard InChI is InChI=1S/C18H19ClFNOS/c1-18(2,3)12-4-7-14(8-5-12)23-11-17(22)21-13-6-9-16(20)15(19)10-13/h4-10H,11H2,1-3H3,(H,21,22). The van der Waals surface area contributed by atoms with Gasteiger partial charge in [0.25, 0.3) is 0 Å². The van der Waals surface area contributed by atoms with Crippen LogP contribution >= 0.6 is 23.4 Å². The zero-order chi connectivity index (χ0) is 17.0. The van der Waals surface area contributed by atoms with Crippen LogP contribution in [-0.2, 0) is 10.2 Å². The van der Waals surface area contributed by atoms with Crippen molar-refractivity contribution in [2.75, 3.05) is 11.1 Å². The number of hydrogen-bond donors (Lipinski definition) is 1. The Morgan fingerprint density at radius 1 is 1.17 bits per heavy atom. The number of halogens is 2. The average molecular weight is 352 g/mol. The van der Waals surface area contributed by atoms with Crippen LogP contribution in [0.4, 0.5) is 10.1 Å². The van der Waals surface area contributed by atoms with Gasteiger partial charge in [-0.25, -0.2) is 4.39 Å². The van der Waals surface area contributed by atoms with Crippen molar-refractivity contribution in [3.8, 4) is 0 Å². The minimum Gasteiger partial charge on any atom is -0.325 e. The molecule has 2 nitrogen and oxygen atoms in total. The maximum absolute atomic E-state index is 13.1. The summed E-state index contributed by atoms with van der Waals surface area (Å²) in [6.45, 7) is 6.49. The van der Waals surface area contributed by atoms with Crippen molar-refractivity contribution in [1.82, 2.24) is 0 Å². The molecule has 5 heteroatoms. The monoisotopic (exact) mass is 351 g/mol. The van der Waals surface area contributed by atoms with Crippen LogP contribution in [0.1, 0.15) is 26.3 Å². The molecule has 0 atom stereocenters. The van der Waals surface area contributed by atoms with E-state index in [9.17, 15) is 9.18 Å². The number of thioether (sulfide) groups is 1. The first-order valence-corrected chi connectivity index (χ1v) is 8.60. The fourth-order valence-electron chi connectivity index (χ4n) is 1.97. The molecule has 2 rings (SSSR count). The lowest BCUT2D eigenvalue weighted by Crippen LogP contribution is -2.14. The fraction of sp³-hybridized carbons (Fsp3) is 0.278.